The number of hydrogen-bond acceptors (Lipinski definition) is 5. The maximum absolute atomic E-state index is 11.4. The summed E-state index contributed by atoms with van der Waals surface area (Å²) < 4.78 is 29.4. The van der Waals surface area contributed by atoms with Crippen LogP contribution in [0.4, 0.5) is 0 Å². The molecule has 1 aliphatic heterocycles. The summed E-state index contributed by atoms with van der Waals surface area (Å²) in [6.07, 6.45) is 0. The van der Waals surface area contributed by atoms with Gasteiger partial charge in [0.25, 0.3) is 0 Å². The van der Waals surface area contributed by atoms with E-state index in [2.05, 4.69) is 10.6 Å². The summed E-state index contributed by atoms with van der Waals surface area (Å²) in [5.74, 6) is -0.401. The van der Waals surface area contributed by atoms with Crippen LogP contribution in [-0.4, -0.2) is 70.3 Å². The van der Waals surface area contributed by atoms with E-state index in [4.69, 9.17) is 4.74 Å². The zero-order valence-electron chi connectivity index (χ0n) is 11.0. The Hall–Kier alpha value is -0.700. The third-order valence-corrected chi connectivity index (χ3v) is 4.62. The van der Waals surface area contributed by atoms with Crippen molar-refractivity contribution < 1.29 is 17.9 Å². The van der Waals surface area contributed by atoms with E-state index in [1.54, 1.807) is 0 Å². The Morgan fingerprint density at radius 3 is 2.50 bits per heavy atom. The van der Waals surface area contributed by atoms with Crippen molar-refractivity contribution in [2.75, 3.05) is 46.1 Å². The van der Waals surface area contributed by atoms with Gasteiger partial charge in [0.1, 0.15) is 6.61 Å². The summed E-state index contributed by atoms with van der Waals surface area (Å²) in [5, 5.41) is 5.58. The summed E-state index contributed by atoms with van der Waals surface area (Å²) >= 11 is 0. The normalized spacial score (nSPS) is 18.4. The average molecular weight is 279 g/mol. The Balaban J connectivity index is 2.18. The molecule has 1 amide bonds. The lowest BCUT2D eigenvalue weighted by Gasteiger charge is -2.38. The highest BCUT2D eigenvalue weighted by Crippen LogP contribution is 2.14. The summed E-state index contributed by atoms with van der Waals surface area (Å²) in [6, 6.07) is 0. The van der Waals surface area contributed by atoms with Crippen molar-refractivity contribution in [2.24, 2.45) is 0 Å². The number of carbonyl (C=O) groups is 1. The number of amides is 1. The smallest absolute Gasteiger partial charge is 0.246 e. The van der Waals surface area contributed by atoms with Crippen LogP contribution in [0.25, 0.3) is 0 Å². The molecule has 8 heteroatoms. The highest BCUT2D eigenvalue weighted by atomic mass is 32.2. The molecular weight excluding hydrogens is 258 g/mol. The van der Waals surface area contributed by atoms with Crippen LogP contribution in [0.3, 0.4) is 0 Å². The largest absolute Gasteiger partial charge is 0.363 e. The molecule has 7 nitrogen and oxygen atoms in total. The lowest BCUT2D eigenvalue weighted by molar-refractivity contribution is -0.135. The second-order valence-corrected chi connectivity index (χ2v) is 7.09. The number of nitrogens with zero attached hydrogens (tertiary/aromatic N) is 1. The molecule has 0 aromatic heterocycles. The Morgan fingerprint density at radius 1 is 1.44 bits per heavy atom. The standard InChI is InChI=1S/C10H21N3O4S/c1-10(7-11-8-10)17-6-9(14)12-4-5-18(15,16)13(2)3/h11H,4-8H2,1-3H3,(H,12,14). The molecule has 0 bridgehead atoms. The lowest BCUT2D eigenvalue weighted by Crippen LogP contribution is -2.59. The molecule has 0 saturated carbocycles. The number of ether oxygens (including phenoxy) is 1. The predicted octanol–water partition coefficient (Wildman–Crippen LogP) is -1.63. The quantitative estimate of drug-likeness (QED) is 0.584. The van der Waals surface area contributed by atoms with Crippen LogP contribution >= 0.6 is 0 Å². The van der Waals surface area contributed by atoms with Crippen molar-refractivity contribution in [3.8, 4) is 0 Å². The van der Waals surface area contributed by atoms with Gasteiger partial charge in [-0.3, -0.25) is 4.79 Å². The topological polar surface area (TPSA) is 87.7 Å². The molecular formula is C10H21N3O4S. The van der Waals surface area contributed by atoms with Crippen LogP contribution in [0.1, 0.15) is 6.92 Å². The minimum atomic E-state index is -3.26. The van der Waals surface area contributed by atoms with Gasteiger partial charge < -0.3 is 15.4 Å². The molecule has 1 aliphatic rings. The van der Waals surface area contributed by atoms with Crippen LogP contribution in [0, 0.1) is 0 Å². The van der Waals surface area contributed by atoms with Crippen LogP contribution in [0.2, 0.25) is 0 Å². The summed E-state index contributed by atoms with van der Waals surface area (Å²) in [6.45, 7) is 3.44. The number of carbonyl (C=O) groups excluding carboxylic acids is 1. The van der Waals surface area contributed by atoms with Gasteiger partial charge in [0.05, 0.1) is 11.4 Å². The number of sulfonamides is 1. The van der Waals surface area contributed by atoms with E-state index in [1.807, 2.05) is 6.92 Å². The third kappa shape index (κ3) is 4.52. The maximum Gasteiger partial charge on any atom is 0.246 e. The molecule has 1 fully saturated rings. The molecule has 0 aromatic carbocycles. The van der Waals surface area contributed by atoms with E-state index in [0.717, 1.165) is 17.4 Å². The van der Waals surface area contributed by atoms with Gasteiger partial charge in [-0.1, -0.05) is 0 Å². The van der Waals surface area contributed by atoms with E-state index in [-0.39, 0.29) is 30.4 Å². The first-order chi connectivity index (χ1) is 8.25. The fourth-order valence-electron chi connectivity index (χ4n) is 1.37. The van der Waals surface area contributed by atoms with E-state index in [0.29, 0.717) is 0 Å². The molecule has 0 radical (unpaired) electrons. The van der Waals surface area contributed by atoms with Gasteiger partial charge in [0.15, 0.2) is 0 Å². The van der Waals surface area contributed by atoms with Crippen molar-refractivity contribution in [3.63, 3.8) is 0 Å². The summed E-state index contributed by atoms with van der Waals surface area (Å²) in [4.78, 5) is 11.4. The van der Waals surface area contributed by atoms with Gasteiger partial charge in [0, 0.05) is 33.7 Å². The zero-order chi connectivity index (χ0) is 13.8. The van der Waals surface area contributed by atoms with E-state index < -0.39 is 10.0 Å². The van der Waals surface area contributed by atoms with Gasteiger partial charge in [-0.05, 0) is 6.92 Å². The van der Waals surface area contributed by atoms with Crippen molar-refractivity contribution in [2.45, 2.75) is 12.5 Å². The van der Waals surface area contributed by atoms with E-state index >= 15 is 0 Å². The van der Waals surface area contributed by atoms with Crippen LogP contribution in [0.15, 0.2) is 0 Å². The minimum absolute atomic E-state index is 0.0415. The van der Waals surface area contributed by atoms with E-state index in [9.17, 15) is 13.2 Å². The molecule has 0 atom stereocenters. The first-order valence-electron chi connectivity index (χ1n) is 5.77. The van der Waals surface area contributed by atoms with Crippen LogP contribution in [0.5, 0.6) is 0 Å². The van der Waals surface area contributed by atoms with Crippen molar-refractivity contribution in [3.05, 3.63) is 0 Å². The van der Waals surface area contributed by atoms with Gasteiger partial charge in [-0.25, -0.2) is 12.7 Å². The Morgan fingerprint density at radius 2 is 2.06 bits per heavy atom. The van der Waals surface area contributed by atoms with Crippen molar-refractivity contribution in [1.29, 1.82) is 0 Å². The Kier molecular flexibility index (Phi) is 5.09. The molecule has 1 heterocycles. The van der Waals surface area contributed by atoms with Gasteiger partial charge >= 0.3 is 0 Å². The Bertz CT molecular complexity index is 390. The van der Waals surface area contributed by atoms with Crippen LogP contribution in [-0.2, 0) is 19.6 Å². The zero-order valence-corrected chi connectivity index (χ0v) is 11.8. The Labute approximate surface area is 108 Å². The number of nitrogens with one attached hydrogen (secondary N) is 2. The molecule has 0 spiro atoms. The molecule has 18 heavy (non-hydrogen) atoms. The fourth-order valence-corrected chi connectivity index (χ4v) is 2.10. The molecule has 106 valence electrons. The average Bonchev–Trinajstić information content (AvgIpc) is 2.23. The monoisotopic (exact) mass is 279 g/mol. The lowest BCUT2D eigenvalue weighted by atomic mass is 10.0. The SMILES string of the molecule is CN(C)S(=O)(=O)CCNC(=O)COC1(C)CNC1. The van der Waals surface area contributed by atoms with Crippen molar-refractivity contribution in [1.82, 2.24) is 14.9 Å². The molecule has 0 aromatic rings. The van der Waals surface area contributed by atoms with Crippen LogP contribution < -0.4 is 10.6 Å². The molecule has 1 rings (SSSR count). The molecule has 2 N–H and O–H groups in total. The highest BCUT2D eigenvalue weighted by Gasteiger charge is 2.32. The van der Waals surface area contributed by atoms with Gasteiger partial charge in [0.2, 0.25) is 15.9 Å². The first kappa shape index (κ1) is 15.4. The highest BCUT2D eigenvalue weighted by molar-refractivity contribution is 7.89. The molecule has 0 unspecified atom stereocenters. The van der Waals surface area contributed by atoms with Gasteiger partial charge in [-0.2, -0.15) is 0 Å². The van der Waals surface area contributed by atoms with Gasteiger partial charge in [-0.15, -0.1) is 0 Å². The predicted molar refractivity (Wildman–Crippen MR) is 67.7 cm³/mol. The second-order valence-electron chi connectivity index (χ2n) is 4.79. The molecule has 1 saturated heterocycles. The number of hydrogen-bond donors (Lipinski definition) is 2. The fraction of sp³-hybridized carbons (Fsp3) is 0.900. The maximum atomic E-state index is 11.4. The minimum Gasteiger partial charge on any atom is -0.363 e. The second kappa shape index (κ2) is 5.96. The van der Waals surface area contributed by atoms with E-state index in [1.165, 1.54) is 14.1 Å². The third-order valence-electron chi connectivity index (χ3n) is 2.79. The van der Waals surface area contributed by atoms with Crippen molar-refractivity contribution >= 4 is 15.9 Å². The molecule has 0 aliphatic carbocycles. The summed E-state index contributed by atoms with van der Waals surface area (Å²) in [7, 11) is -0.337. The number of rotatable bonds is 7. The summed E-state index contributed by atoms with van der Waals surface area (Å²) in [5.41, 5.74) is -0.271. The first-order valence-corrected chi connectivity index (χ1v) is 7.38.